The highest BCUT2D eigenvalue weighted by molar-refractivity contribution is 7.87. The normalized spacial score (nSPS) is 20.5. The molecule has 19 heavy (non-hydrogen) atoms. The molecule has 1 aliphatic heterocycles. The Morgan fingerprint density at radius 2 is 2.21 bits per heavy atom. The number of hydrogen-bond donors (Lipinski definition) is 2. The molecular formula is C12H20N2O3S2. The molecule has 1 aromatic heterocycles. The third kappa shape index (κ3) is 3.76. The topological polar surface area (TPSA) is 69.6 Å². The fraction of sp³-hybridized carbons (Fsp3) is 0.667. The van der Waals surface area contributed by atoms with E-state index in [0.717, 1.165) is 18.4 Å². The zero-order valence-corrected chi connectivity index (χ0v) is 12.6. The summed E-state index contributed by atoms with van der Waals surface area (Å²) in [6, 6.07) is 1.71. The van der Waals surface area contributed by atoms with Crippen LogP contribution in [-0.4, -0.2) is 37.5 Å². The van der Waals surface area contributed by atoms with Gasteiger partial charge in [0.05, 0.1) is 0 Å². The Hall–Kier alpha value is -0.470. The first-order chi connectivity index (χ1) is 9.03. The van der Waals surface area contributed by atoms with Gasteiger partial charge in [0.25, 0.3) is 10.2 Å². The van der Waals surface area contributed by atoms with Crippen molar-refractivity contribution in [3.8, 4) is 0 Å². The summed E-state index contributed by atoms with van der Waals surface area (Å²) in [6.07, 6.45) is 1.45. The smallest absolute Gasteiger partial charge is 0.279 e. The van der Waals surface area contributed by atoms with Crippen LogP contribution in [0.15, 0.2) is 16.8 Å². The van der Waals surface area contributed by atoms with Gasteiger partial charge in [-0.05, 0) is 48.1 Å². The van der Waals surface area contributed by atoms with Crippen LogP contribution in [0, 0.1) is 5.92 Å². The number of aliphatic hydroxyl groups excluding tert-OH is 1. The standard InChI is InChI=1S/C12H20N2O3S2/c1-10(12-4-7-18-9-12)13-19(16,17)14-5-2-11(8-15)3-6-14/h4,7,9-11,13,15H,2-3,5-6,8H2,1H3. The van der Waals surface area contributed by atoms with E-state index in [1.807, 2.05) is 23.8 Å². The minimum atomic E-state index is -3.43. The Balaban J connectivity index is 1.95. The fourth-order valence-electron chi connectivity index (χ4n) is 2.22. The summed E-state index contributed by atoms with van der Waals surface area (Å²) in [6.45, 7) is 2.96. The highest BCUT2D eigenvalue weighted by Gasteiger charge is 2.28. The minimum absolute atomic E-state index is 0.145. The van der Waals surface area contributed by atoms with Crippen LogP contribution in [-0.2, 0) is 10.2 Å². The maximum Gasteiger partial charge on any atom is 0.279 e. The first-order valence-electron chi connectivity index (χ1n) is 6.43. The lowest BCUT2D eigenvalue weighted by atomic mass is 10.00. The van der Waals surface area contributed by atoms with Crippen LogP contribution in [0.3, 0.4) is 0 Å². The Morgan fingerprint density at radius 3 is 2.74 bits per heavy atom. The summed E-state index contributed by atoms with van der Waals surface area (Å²) < 4.78 is 28.7. The van der Waals surface area contributed by atoms with E-state index in [1.165, 1.54) is 4.31 Å². The van der Waals surface area contributed by atoms with Gasteiger partial charge >= 0.3 is 0 Å². The molecule has 1 saturated heterocycles. The molecule has 1 atom stereocenters. The molecule has 2 N–H and O–H groups in total. The molecule has 0 amide bonds. The predicted octanol–water partition coefficient (Wildman–Crippen LogP) is 1.35. The second-order valence-corrected chi connectivity index (χ2v) is 7.41. The SMILES string of the molecule is CC(NS(=O)(=O)N1CCC(CO)CC1)c1ccsc1. The van der Waals surface area contributed by atoms with Crippen LogP contribution in [0.2, 0.25) is 0 Å². The maximum atomic E-state index is 12.2. The van der Waals surface area contributed by atoms with E-state index >= 15 is 0 Å². The van der Waals surface area contributed by atoms with Crippen molar-refractivity contribution in [1.29, 1.82) is 0 Å². The van der Waals surface area contributed by atoms with Crippen molar-refractivity contribution in [3.63, 3.8) is 0 Å². The Kier molecular flexibility index (Phi) is 4.97. The second kappa shape index (κ2) is 6.32. The van der Waals surface area contributed by atoms with Gasteiger partial charge in [0.15, 0.2) is 0 Å². The average molecular weight is 304 g/mol. The largest absolute Gasteiger partial charge is 0.396 e. The monoisotopic (exact) mass is 304 g/mol. The van der Waals surface area contributed by atoms with E-state index in [9.17, 15) is 8.42 Å². The van der Waals surface area contributed by atoms with Crippen LogP contribution < -0.4 is 4.72 Å². The molecule has 5 nitrogen and oxygen atoms in total. The molecule has 0 bridgehead atoms. The predicted molar refractivity (Wildman–Crippen MR) is 76.2 cm³/mol. The molecule has 0 spiro atoms. The summed E-state index contributed by atoms with van der Waals surface area (Å²) in [4.78, 5) is 0. The number of rotatable bonds is 5. The number of thiophene rings is 1. The molecule has 0 aliphatic carbocycles. The van der Waals surface area contributed by atoms with E-state index in [4.69, 9.17) is 5.11 Å². The molecule has 108 valence electrons. The number of hydrogen-bond acceptors (Lipinski definition) is 4. The van der Waals surface area contributed by atoms with E-state index in [-0.39, 0.29) is 18.6 Å². The van der Waals surface area contributed by atoms with Crippen molar-refractivity contribution in [2.24, 2.45) is 5.92 Å². The van der Waals surface area contributed by atoms with E-state index in [1.54, 1.807) is 11.3 Å². The number of piperidine rings is 1. The summed E-state index contributed by atoms with van der Waals surface area (Å²) in [5, 5.41) is 13.0. The van der Waals surface area contributed by atoms with Crippen molar-refractivity contribution < 1.29 is 13.5 Å². The molecule has 2 heterocycles. The average Bonchev–Trinajstić information content (AvgIpc) is 2.92. The van der Waals surface area contributed by atoms with Gasteiger partial charge in [-0.3, -0.25) is 0 Å². The van der Waals surface area contributed by atoms with Crippen LogP contribution >= 0.6 is 11.3 Å². The minimum Gasteiger partial charge on any atom is -0.396 e. The molecule has 2 rings (SSSR count). The molecule has 1 fully saturated rings. The van der Waals surface area contributed by atoms with Crippen molar-refractivity contribution in [1.82, 2.24) is 9.03 Å². The molecule has 1 aromatic rings. The number of nitrogens with zero attached hydrogens (tertiary/aromatic N) is 1. The Bertz CT molecular complexity index is 479. The van der Waals surface area contributed by atoms with Crippen molar-refractivity contribution in [3.05, 3.63) is 22.4 Å². The first kappa shape index (κ1) is 14.9. The van der Waals surface area contributed by atoms with Gasteiger partial charge in [-0.2, -0.15) is 28.8 Å². The van der Waals surface area contributed by atoms with Crippen LogP contribution in [0.4, 0.5) is 0 Å². The van der Waals surface area contributed by atoms with Crippen LogP contribution in [0.5, 0.6) is 0 Å². The molecule has 1 unspecified atom stereocenters. The van der Waals surface area contributed by atoms with Gasteiger partial charge in [0, 0.05) is 25.7 Å². The zero-order valence-electron chi connectivity index (χ0n) is 10.9. The summed E-state index contributed by atoms with van der Waals surface area (Å²) in [5.41, 5.74) is 0.985. The number of aliphatic hydroxyl groups is 1. The molecule has 0 radical (unpaired) electrons. The maximum absolute atomic E-state index is 12.2. The van der Waals surface area contributed by atoms with Gasteiger partial charge < -0.3 is 5.11 Å². The molecule has 1 aliphatic rings. The Labute approximate surface area is 118 Å². The zero-order chi connectivity index (χ0) is 13.9. The lowest BCUT2D eigenvalue weighted by Gasteiger charge is -2.31. The van der Waals surface area contributed by atoms with Gasteiger partial charge in [-0.1, -0.05) is 0 Å². The first-order valence-corrected chi connectivity index (χ1v) is 8.81. The molecular weight excluding hydrogens is 284 g/mol. The van der Waals surface area contributed by atoms with Crippen molar-refractivity contribution in [2.45, 2.75) is 25.8 Å². The van der Waals surface area contributed by atoms with Crippen LogP contribution in [0.25, 0.3) is 0 Å². The third-order valence-corrected chi connectivity index (χ3v) is 5.94. The highest BCUT2D eigenvalue weighted by Crippen LogP contribution is 2.21. The molecule has 0 saturated carbocycles. The molecule has 0 aromatic carbocycles. The quantitative estimate of drug-likeness (QED) is 0.862. The third-order valence-electron chi connectivity index (χ3n) is 3.54. The van der Waals surface area contributed by atoms with E-state index in [0.29, 0.717) is 13.1 Å². The summed E-state index contributed by atoms with van der Waals surface area (Å²) in [5.74, 6) is 0.237. The summed E-state index contributed by atoms with van der Waals surface area (Å²) >= 11 is 1.56. The van der Waals surface area contributed by atoms with Gasteiger partial charge in [0.1, 0.15) is 0 Å². The fourth-order valence-corrected chi connectivity index (χ4v) is 4.40. The Morgan fingerprint density at radius 1 is 1.53 bits per heavy atom. The van der Waals surface area contributed by atoms with E-state index in [2.05, 4.69) is 4.72 Å². The van der Waals surface area contributed by atoms with Gasteiger partial charge in [0.2, 0.25) is 0 Å². The lowest BCUT2D eigenvalue weighted by molar-refractivity contribution is 0.169. The van der Waals surface area contributed by atoms with Gasteiger partial charge in [-0.15, -0.1) is 0 Å². The summed E-state index contributed by atoms with van der Waals surface area (Å²) in [7, 11) is -3.43. The molecule has 7 heteroatoms. The second-order valence-electron chi connectivity index (χ2n) is 4.93. The highest BCUT2D eigenvalue weighted by atomic mass is 32.2. The van der Waals surface area contributed by atoms with E-state index < -0.39 is 10.2 Å². The lowest BCUT2D eigenvalue weighted by Crippen LogP contribution is -2.45. The van der Waals surface area contributed by atoms with Crippen LogP contribution in [0.1, 0.15) is 31.4 Å². The van der Waals surface area contributed by atoms with Gasteiger partial charge in [-0.25, -0.2) is 0 Å². The number of nitrogens with one attached hydrogen (secondary N) is 1. The van der Waals surface area contributed by atoms with Crippen molar-refractivity contribution in [2.75, 3.05) is 19.7 Å². The van der Waals surface area contributed by atoms with Crippen molar-refractivity contribution >= 4 is 21.5 Å².